The Morgan fingerprint density at radius 1 is 0.576 bits per heavy atom. The molecule has 66 heavy (non-hydrogen) atoms. The van der Waals surface area contributed by atoms with Gasteiger partial charge in [0.15, 0.2) is 8.24 Å². The van der Waals surface area contributed by atoms with Gasteiger partial charge < -0.3 is 33.4 Å². The van der Waals surface area contributed by atoms with Crippen LogP contribution in [-0.4, -0.2) is 96.0 Å². The summed E-state index contributed by atoms with van der Waals surface area (Å²) in [6.45, 7) is 29.3. The van der Waals surface area contributed by atoms with Gasteiger partial charge in [0.05, 0.1) is 55.3 Å². The summed E-state index contributed by atoms with van der Waals surface area (Å²) in [7, 11) is 1.43. The molecule has 8 heterocycles. The first kappa shape index (κ1) is 54.8. The van der Waals surface area contributed by atoms with Crippen LogP contribution in [0.15, 0.2) is 62.2 Å². The molecule has 0 spiro atoms. The summed E-state index contributed by atoms with van der Waals surface area (Å²) < 4.78 is 20.3. The summed E-state index contributed by atoms with van der Waals surface area (Å²) in [6.07, 6.45) is 13.7. The van der Waals surface area contributed by atoms with Crippen LogP contribution in [0.4, 0.5) is 0 Å². The maximum atomic E-state index is 6.62. The van der Waals surface area contributed by atoms with E-state index in [1.807, 2.05) is 24.5 Å². The van der Waals surface area contributed by atoms with Gasteiger partial charge in [-0.1, -0.05) is 80.8 Å². The summed E-state index contributed by atoms with van der Waals surface area (Å²) in [5.74, 6) is 1.90. The molecule has 0 aromatic carbocycles. The number of nitrogens with one attached hydrogen (secondary N) is 3. The standard InChI is InChI=1S/C16H26IN3OSi.C9H20ClSi.C7H6IN3O.C7H7N3O.C6H4ClN3/c1-10(2)22(11(3)4,12(5)6)20-8-13(17)14-15(20)18-9-19-16(14)21-7;1-7(2)11(10,8(3)4)9(5)6;1-12-7-5-4(8)2-9-6(5)10-3-11-7;1-11-7-5-2-3-8-6(5)9-4-10-7;7-5-4-1-2-8-6(4)10-3-9-5/h8-12H,1-7H3;7-9H,1H2,2-6H3;2-3H,1H3,(H,9,10,11);2-4H,1H3,(H,8,9,10);1-3H,(H,8,9,10)/q;+1;;;. The van der Waals surface area contributed by atoms with Crippen molar-refractivity contribution >= 4 is 128 Å². The molecule has 21 heteroatoms. The van der Waals surface area contributed by atoms with E-state index >= 15 is 0 Å². The Morgan fingerprint density at radius 3 is 1.50 bits per heavy atom. The van der Waals surface area contributed by atoms with Gasteiger partial charge >= 0.3 is 0 Å². The lowest BCUT2D eigenvalue weighted by Crippen LogP contribution is -2.51. The number of H-pyrrole nitrogens is 3. The molecular formula is C45H63Cl2I2N12O3Si2+. The Hall–Kier alpha value is -3.78. The van der Waals surface area contributed by atoms with E-state index in [2.05, 4.69) is 194 Å². The number of ether oxygens (including phenoxy) is 3. The number of fused-ring (bicyclic) bond motifs is 4. The van der Waals surface area contributed by atoms with E-state index in [-0.39, 0.29) is 0 Å². The monoisotopic (exact) mass is 1200 g/mol. The quantitative estimate of drug-likeness (QED) is 0.0389. The maximum absolute atomic E-state index is 6.62. The smallest absolute Gasteiger partial charge is 0.226 e. The van der Waals surface area contributed by atoms with Gasteiger partial charge in [0, 0.05) is 31.9 Å². The zero-order valence-corrected chi connectivity index (χ0v) is 48.0. The van der Waals surface area contributed by atoms with Gasteiger partial charge in [0.2, 0.25) is 25.0 Å². The molecule has 0 radical (unpaired) electrons. The zero-order chi connectivity index (χ0) is 49.1. The van der Waals surface area contributed by atoms with Crippen LogP contribution in [0.25, 0.3) is 44.1 Å². The first-order valence-corrected chi connectivity index (χ1v) is 29.5. The molecule has 8 aromatic rings. The van der Waals surface area contributed by atoms with E-state index in [1.54, 1.807) is 33.9 Å². The minimum absolute atomic E-state index is 0.434. The highest BCUT2D eigenvalue weighted by Crippen LogP contribution is 2.46. The second-order valence-electron chi connectivity index (χ2n) is 17.1. The van der Waals surface area contributed by atoms with E-state index < -0.39 is 15.6 Å². The number of hydrogen-bond acceptors (Lipinski definition) is 11. The molecule has 0 aliphatic heterocycles. The lowest BCUT2D eigenvalue weighted by atomic mass is 10.4. The molecule has 1 atom stereocenters. The molecule has 3 N–H and O–H groups in total. The summed E-state index contributed by atoms with van der Waals surface area (Å²) in [4.78, 5) is 41.6. The lowest BCUT2D eigenvalue weighted by Gasteiger charge is -2.44. The van der Waals surface area contributed by atoms with Gasteiger partial charge in [0.1, 0.15) is 53.1 Å². The van der Waals surface area contributed by atoms with Crippen LogP contribution < -0.4 is 14.2 Å². The third-order valence-corrected chi connectivity index (χ3v) is 29.3. The Balaban J connectivity index is 0.000000188. The predicted octanol–water partition coefficient (Wildman–Crippen LogP) is 13.4. The first-order chi connectivity index (χ1) is 31.2. The predicted molar refractivity (Wildman–Crippen MR) is 292 cm³/mol. The molecule has 0 saturated carbocycles. The van der Waals surface area contributed by atoms with Gasteiger partial charge in [-0.2, -0.15) is 11.1 Å². The second kappa shape index (κ2) is 24.5. The average molecular weight is 1200 g/mol. The number of aromatic nitrogens is 12. The molecule has 0 amide bonds. The minimum Gasteiger partial charge on any atom is -0.480 e. The van der Waals surface area contributed by atoms with Crippen LogP contribution in [0.2, 0.25) is 38.4 Å². The van der Waals surface area contributed by atoms with Gasteiger partial charge in [-0.25, -0.2) is 39.9 Å². The Kier molecular flexibility index (Phi) is 20.3. The topological polar surface area (TPSA) is 183 Å². The van der Waals surface area contributed by atoms with Gasteiger partial charge in [-0.05, 0) is 91.9 Å². The molecule has 0 aliphatic rings. The van der Waals surface area contributed by atoms with Crippen molar-refractivity contribution in [2.24, 2.45) is 0 Å². The van der Waals surface area contributed by atoms with Crippen molar-refractivity contribution in [2.75, 3.05) is 21.3 Å². The lowest BCUT2D eigenvalue weighted by molar-refractivity contribution is 0.402. The van der Waals surface area contributed by atoms with E-state index in [9.17, 15) is 0 Å². The minimum atomic E-state index is -1.82. The van der Waals surface area contributed by atoms with Crippen LogP contribution >= 0.6 is 67.9 Å². The number of aromatic amines is 3. The molecule has 1 unspecified atom stereocenters. The maximum Gasteiger partial charge on any atom is 0.226 e. The average Bonchev–Trinajstić information content (AvgIpc) is 4.11. The molecule has 8 rings (SSSR count). The highest BCUT2D eigenvalue weighted by Gasteiger charge is 2.47. The fourth-order valence-corrected chi connectivity index (χ4v) is 21.0. The third-order valence-electron chi connectivity index (χ3n) is 11.8. The molecule has 356 valence electrons. The largest absolute Gasteiger partial charge is 0.480 e. The fraction of sp³-hybridized carbons (Fsp3) is 0.444. The molecule has 0 saturated heterocycles. The summed E-state index contributed by atoms with van der Waals surface area (Å²) in [6, 6.07) is 3.73. The molecule has 0 aliphatic carbocycles. The van der Waals surface area contributed by atoms with E-state index in [1.165, 1.54) is 22.6 Å². The van der Waals surface area contributed by atoms with Crippen molar-refractivity contribution in [1.29, 1.82) is 0 Å². The van der Waals surface area contributed by atoms with Crippen LogP contribution in [0.1, 0.15) is 76.2 Å². The zero-order valence-electron chi connectivity index (χ0n) is 40.2. The SMILES string of the molecule is COc1ncnc2[nH]cc(I)c12.COc1ncnc2[nH]ccc12.COc1ncnc2c1c(I)cn2[Si](C(C)C)(C(C)C)C(C)C.Clc1ncnc2[nH]ccc12.[CH2+]C(C)[Si](Cl)(C(C)C)C(C)C. The van der Waals surface area contributed by atoms with Crippen LogP contribution in [-0.2, 0) is 0 Å². The van der Waals surface area contributed by atoms with Crippen molar-refractivity contribution in [3.8, 4) is 17.6 Å². The van der Waals surface area contributed by atoms with Crippen molar-refractivity contribution in [2.45, 2.75) is 109 Å². The number of hydrogen-bond donors (Lipinski definition) is 3. The van der Waals surface area contributed by atoms with Gasteiger partial charge in [-0.15, -0.1) is 0 Å². The highest BCUT2D eigenvalue weighted by molar-refractivity contribution is 14.1. The van der Waals surface area contributed by atoms with Crippen molar-refractivity contribution in [3.63, 3.8) is 0 Å². The molecule has 0 fully saturated rings. The number of rotatable bonds is 10. The second-order valence-corrected chi connectivity index (χ2v) is 32.4. The van der Waals surface area contributed by atoms with Crippen LogP contribution in [0, 0.1) is 14.1 Å². The van der Waals surface area contributed by atoms with Gasteiger partial charge in [0.25, 0.3) is 0 Å². The first-order valence-electron chi connectivity index (χ1n) is 21.6. The summed E-state index contributed by atoms with van der Waals surface area (Å²) in [5, 5.41) is 4.26. The normalized spacial score (nSPS) is 12.2. The van der Waals surface area contributed by atoms with E-state index in [0.29, 0.717) is 56.0 Å². The van der Waals surface area contributed by atoms with E-state index in [4.69, 9.17) is 36.9 Å². The highest BCUT2D eigenvalue weighted by atomic mass is 127. The van der Waals surface area contributed by atoms with Crippen LogP contribution in [0.3, 0.4) is 0 Å². The number of methoxy groups -OCH3 is 3. The Bertz CT molecular complexity index is 2720. The number of halogens is 4. The Labute approximate surface area is 427 Å². The molecule has 8 aromatic heterocycles. The van der Waals surface area contributed by atoms with E-state index in [0.717, 1.165) is 47.7 Å². The summed E-state index contributed by atoms with van der Waals surface area (Å²) >= 11 is 16.9. The fourth-order valence-electron chi connectivity index (χ4n) is 8.99. The van der Waals surface area contributed by atoms with Gasteiger partial charge in [-0.3, -0.25) is 0 Å². The molecule has 15 nitrogen and oxygen atoms in total. The Morgan fingerprint density at radius 2 is 1.03 bits per heavy atom. The van der Waals surface area contributed by atoms with Crippen molar-refractivity contribution < 1.29 is 14.2 Å². The van der Waals surface area contributed by atoms with Crippen molar-refractivity contribution in [1.82, 2.24) is 59.1 Å². The summed E-state index contributed by atoms with van der Waals surface area (Å²) in [5.41, 5.74) is 6.97. The number of nitrogens with zero attached hydrogens (tertiary/aromatic N) is 9. The molecule has 0 bridgehead atoms. The molecular weight excluding hydrogens is 1140 g/mol. The third kappa shape index (κ3) is 11.9. The van der Waals surface area contributed by atoms with Crippen molar-refractivity contribution in [3.05, 3.63) is 81.4 Å². The van der Waals surface area contributed by atoms with Crippen LogP contribution in [0.5, 0.6) is 17.6 Å².